The molecule has 0 aromatic heterocycles. The van der Waals surface area contributed by atoms with Crippen LogP contribution in [0.15, 0.2) is 0 Å². The normalized spacial score (nSPS) is 30.4. The van der Waals surface area contributed by atoms with Gasteiger partial charge >= 0.3 is 0 Å². The van der Waals surface area contributed by atoms with Crippen molar-refractivity contribution in [2.75, 3.05) is 45.9 Å². The molecule has 2 rings (SSSR count). The summed E-state index contributed by atoms with van der Waals surface area (Å²) in [6.07, 6.45) is 3.97. The Morgan fingerprint density at radius 1 is 1.18 bits per heavy atom. The monoisotopic (exact) mass is 241 g/mol. The molecule has 0 saturated carbocycles. The highest BCUT2D eigenvalue weighted by molar-refractivity contribution is 4.83. The molecule has 2 unspecified atom stereocenters. The van der Waals surface area contributed by atoms with Gasteiger partial charge < -0.3 is 10.5 Å². The second kappa shape index (κ2) is 6.69. The molecule has 0 spiro atoms. The smallest absolute Gasteiger partial charge is 0.0594 e. The van der Waals surface area contributed by atoms with Crippen LogP contribution in [-0.2, 0) is 4.74 Å². The van der Waals surface area contributed by atoms with Crippen molar-refractivity contribution in [3.05, 3.63) is 0 Å². The second-order valence-electron chi connectivity index (χ2n) is 5.41. The molecule has 0 bridgehead atoms. The Kier molecular flexibility index (Phi) is 5.22. The fourth-order valence-corrected chi connectivity index (χ4v) is 2.98. The van der Waals surface area contributed by atoms with Crippen LogP contribution < -0.4 is 5.73 Å². The molecule has 2 aliphatic heterocycles. The van der Waals surface area contributed by atoms with Crippen LogP contribution in [0.25, 0.3) is 0 Å². The van der Waals surface area contributed by atoms with E-state index in [4.69, 9.17) is 10.5 Å². The van der Waals surface area contributed by atoms with Crippen molar-refractivity contribution in [3.63, 3.8) is 0 Å². The van der Waals surface area contributed by atoms with Gasteiger partial charge in [0.2, 0.25) is 0 Å². The molecule has 0 aromatic rings. The lowest BCUT2D eigenvalue weighted by Crippen LogP contribution is -2.51. The lowest BCUT2D eigenvalue weighted by Gasteiger charge is -2.39. The minimum absolute atomic E-state index is 0.306. The van der Waals surface area contributed by atoms with Gasteiger partial charge in [-0.3, -0.25) is 9.80 Å². The zero-order valence-electron chi connectivity index (χ0n) is 11.1. The Labute approximate surface area is 105 Å². The largest absolute Gasteiger partial charge is 0.379 e. The van der Waals surface area contributed by atoms with Crippen molar-refractivity contribution in [1.29, 1.82) is 0 Å². The number of hydrogen-bond donors (Lipinski definition) is 1. The van der Waals surface area contributed by atoms with E-state index in [0.29, 0.717) is 12.1 Å². The molecule has 4 nitrogen and oxygen atoms in total. The van der Waals surface area contributed by atoms with Gasteiger partial charge in [0.25, 0.3) is 0 Å². The van der Waals surface area contributed by atoms with Gasteiger partial charge in [-0.25, -0.2) is 0 Å². The number of hydrogen-bond acceptors (Lipinski definition) is 4. The Morgan fingerprint density at radius 2 is 1.94 bits per heavy atom. The predicted molar refractivity (Wildman–Crippen MR) is 70.1 cm³/mol. The summed E-state index contributed by atoms with van der Waals surface area (Å²) < 4.78 is 5.38. The average Bonchev–Trinajstić information content (AvgIpc) is 2.38. The summed E-state index contributed by atoms with van der Waals surface area (Å²) in [6.45, 7) is 9.72. The van der Waals surface area contributed by atoms with Crippen molar-refractivity contribution < 1.29 is 4.74 Å². The highest BCUT2D eigenvalue weighted by Gasteiger charge is 2.25. The Hall–Kier alpha value is -0.160. The number of morpholine rings is 1. The third-order valence-electron chi connectivity index (χ3n) is 4.08. The number of nitrogens with two attached hydrogens (primary N) is 1. The molecule has 2 heterocycles. The van der Waals surface area contributed by atoms with Gasteiger partial charge in [0.15, 0.2) is 0 Å². The molecule has 100 valence electrons. The molecule has 4 heteroatoms. The van der Waals surface area contributed by atoms with E-state index in [0.717, 1.165) is 26.3 Å². The van der Waals surface area contributed by atoms with Gasteiger partial charge in [-0.15, -0.1) is 0 Å². The predicted octanol–water partition coefficient (Wildman–Crippen LogP) is 0.520. The van der Waals surface area contributed by atoms with Gasteiger partial charge in [0, 0.05) is 38.3 Å². The van der Waals surface area contributed by atoms with Gasteiger partial charge in [0.1, 0.15) is 0 Å². The number of ether oxygens (including phenoxy) is 1. The maximum atomic E-state index is 6.09. The van der Waals surface area contributed by atoms with Crippen molar-refractivity contribution >= 4 is 0 Å². The first-order valence-corrected chi connectivity index (χ1v) is 7.07. The van der Waals surface area contributed by atoms with Crippen molar-refractivity contribution in [2.24, 2.45) is 5.73 Å². The van der Waals surface area contributed by atoms with E-state index < -0.39 is 0 Å². The molecule has 2 fully saturated rings. The summed E-state index contributed by atoms with van der Waals surface area (Å²) in [5, 5.41) is 0. The molecule has 17 heavy (non-hydrogen) atoms. The highest BCUT2D eigenvalue weighted by atomic mass is 16.5. The number of rotatable bonds is 4. The Bertz CT molecular complexity index is 217. The van der Waals surface area contributed by atoms with E-state index in [9.17, 15) is 0 Å². The lowest BCUT2D eigenvalue weighted by atomic mass is 9.97. The van der Waals surface area contributed by atoms with Crippen LogP contribution in [0.3, 0.4) is 0 Å². The van der Waals surface area contributed by atoms with Gasteiger partial charge in [-0.05, 0) is 26.3 Å². The molecule has 2 atom stereocenters. The molecule has 2 aliphatic rings. The zero-order valence-corrected chi connectivity index (χ0v) is 11.1. The molecule has 0 aliphatic carbocycles. The van der Waals surface area contributed by atoms with Crippen LogP contribution in [0.5, 0.6) is 0 Å². The molecular formula is C13H27N3O. The van der Waals surface area contributed by atoms with E-state index in [1.807, 2.05) is 0 Å². The Balaban J connectivity index is 1.75. The maximum Gasteiger partial charge on any atom is 0.0594 e. The summed E-state index contributed by atoms with van der Waals surface area (Å²) >= 11 is 0. The van der Waals surface area contributed by atoms with Crippen LogP contribution in [-0.4, -0.2) is 67.8 Å². The zero-order chi connectivity index (χ0) is 12.1. The lowest BCUT2D eigenvalue weighted by molar-refractivity contribution is 0.0271. The molecule has 0 amide bonds. The molecule has 2 saturated heterocycles. The highest BCUT2D eigenvalue weighted by Crippen LogP contribution is 2.18. The van der Waals surface area contributed by atoms with E-state index in [-0.39, 0.29) is 0 Å². The first kappa shape index (κ1) is 13.3. The first-order valence-electron chi connectivity index (χ1n) is 7.07. The van der Waals surface area contributed by atoms with Crippen molar-refractivity contribution in [2.45, 2.75) is 38.3 Å². The fourth-order valence-electron chi connectivity index (χ4n) is 2.98. The standard InChI is InChI=1S/C13H27N3O/c1-12(14)13-4-2-3-5-16(13)7-6-15-8-10-17-11-9-15/h12-13H,2-11,14H2,1H3. The van der Waals surface area contributed by atoms with Gasteiger partial charge in [-0.1, -0.05) is 6.42 Å². The summed E-state index contributed by atoms with van der Waals surface area (Å²) in [5.41, 5.74) is 6.09. The Morgan fingerprint density at radius 3 is 2.65 bits per heavy atom. The quantitative estimate of drug-likeness (QED) is 0.779. The SMILES string of the molecule is CC(N)C1CCCCN1CCN1CCOCC1. The van der Waals surface area contributed by atoms with Crippen molar-refractivity contribution in [3.8, 4) is 0 Å². The molecule has 0 radical (unpaired) electrons. The van der Waals surface area contributed by atoms with E-state index >= 15 is 0 Å². The first-order chi connectivity index (χ1) is 8.27. The number of likely N-dealkylation sites (tertiary alicyclic amines) is 1. The molecule has 2 N–H and O–H groups in total. The van der Waals surface area contributed by atoms with Crippen LogP contribution in [0.4, 0.5) is 0 Å². The van der Waals surface area contributed by atoms with Crippen LogP contribution in [0.1, 0.15) is 26.2 Å². The van der Waals surface area contributed by atoms with E-state index in [1.54, 1.807) is 0 Å². The third kappa shape index (κ3) is 3.91. The molecular weight excluding hydrogens is 214 g/mol. The molecule has 0 aromatic carbocycles. The van der Waals surface area contributed by atoms with E-state index in [1.165, 1.54) is 38.9 Å². The summed E-state index contributed by atoms with van der Waals surface area (Å²) in [7, 11) is 0. The second-order valence-corrected chi connectivity index (χ2v) is 5.41. The number of nitrogens with zero attached hydrogens (tertiary/aromatic N) is 2. The van der Waals surface area contributed by atoms with Crippen LogP contribution >= 0.6 is 0 Å². The van der Waals surface area contributed by atoms with Gasteiger partial charge in [0.05, 0.1) is 13.2 Å². The number of piperidine rings is 1. The minimum Gasteiger partial charge on any atom is -0.379 e. The van der Waals surface area contributed by atoms with Crippen molar-refractivity contribution in [1.82, 2.24) is 9.80 Å². The summed E-state index contributed by atoms with van der Waals surface area (Å²) in [6, 6.07) is 0.907. The summed E-state index contributed by atoms with van der Waals surface area (Å²) in [4.78, 5) is 5.11. The topological polar surface area (TPSA) is 41.7 Å². The average molecular weight is 241 g/mol. The van der Waals surface area contributed by atoms with E-state index in [2.05, 4.69) is 16.7 Å². The van der Waals surface area contributed by atoms with Gasteiger partial charge in [-0.2, -0.15) is 0 Å². The summed E-state index contributed by atoms with van der Waals surface area (Å²) in [5.74, 6) is 0. The fraction of sp³-hybridized carbons (Fsp3) is 1.00. The van der Waals surface area contributed by atoms with Crippen LogP contribution in [0, 0.1) is 0 Å². The maximum absolute atomic E-state index is 6.09. The third-order valence-corrected chi connectivity index (χ3v) is 4.08. The minimum atomic E-state index is 0.306. The van der Waals surface area contributed by atoms with Crippen LogP contribution in [0.2, 0.25) is 0 Å².